The van der Waals surface area contributed by atoms with Crippen LogP contribution in [0.15, 0.2) is 12.2 Å². The fourth-order valence-electron chi connectivity index (χ4n) is 2.08. The fraction of sp³-hybridized carbons (Fsp3) is 0.800. The molecule has 2 nitrogen and oxygen atoms in total. The average Bonchev–Trinajstić information content (AvgIpc) is 2.59. The number of nitrogens with one attached hydrogen (secondary N) is 1. The molecule has 0 radical (unpaired) electrons. The topological polar surface area (TPSA) is 15.3 Å². The number of hydrogen-bond donors (Lipinski definition) is 1. The lowest BCUT2D eigenvalue weighted by molar-refractivity contribution is 0.270. The van der Waals surface area contributed by atoms with Gasteiger partial charge in [-0.05, 0) is 25.8 Å². The highest BCUT2D eigenvalue weighted by Crippen LogP contribution is 2.09. The van der Waals surface area contributed by atoms with Gasteiger partial charge < -0.3 is 5.32 Å². The molecule has 1 fully saturated rings. The smallest absolute Gasteiger partial charge is 0.0195 e. The standard InChI is InChI=1S/C10H18N2/c1-2-7-12(8-3-1)9-10-5-4-6-11-10/h1-2,10-11H,3-9H2. The molecule has 12 heavy (non-hydrogen) atoms. The Balaban J connectivity index is 1.74. The zero-order chi connectivity index (χ0) is 8.23. The van der Waals surface area contributed by atoms with Gasteiger partial charge >= 0.3 is 0 Å². The monoisotopic (exact) mass is 166 g/mol. The summed E-state index contributed by atoms with van der Waals surface area (Å²) in [5, 5.41) is 3.54. The van der Waals surface area contributed by atoms with Crippen molar-refractivity contribution in [2.45, 2.75) is 25.3 Å². The molecule has 1 saturated heterocycles. The Kier molecular flexibility index (Phi) is 2.79. The van der Waals surface area contributed by atoms with Gasteiger partial charge in [-0.25, -0.2) is 0 Å². The molecule has 0 bridgehead atoms. The minimum absolute atomic E-state index is 0.775. The molecule has 2 heteroatoms. The van der Waals surface area contributed by atoms with Crippen LogP contribution in [0.1, 0.15) is 19.3 Å². The maximum Gasteiger partial charge on any atom is 0.0195 e. The van der Waals surface area contributed by atoms with Crippen molar-refractivity contribution >= 4 is 0 Å². The van der Waals surface area contributed by atoms with E-state index in [1.54, 1.807) is 0 Å². The second-order valence-electron chi connectivity index (χ2n) is 3.81. The summed E-state index contributed by atoms with van der Waals surface area (Å²) in [6.07, 6.45) is 8.57. The molecule has 0 spiro atoms. The largest absolute Gasteiger partial charge is 0.313 e. The Morgan fingerprint density at radius 1 is 1.42 bits per heavy atom. The first kappa shape index (κ1) is 8.27. The van der Waals surface area contributed by atoms with Crippen LogP contribution >= 0.6 is 0 Å². The van der Waals surface area contributed by atoms with Gasteiger partial charge in [-0.3, -0.25) is 4.90 Å². The van der Waals surface area contributed by atoms with Crippen molar-refractivity contribution in [1.29, 1.82) is 0 Å². The van der Waals surface area contributed by atoms with Crippen molar-refractivity contribution in [3.8, 4) is 0 Å². The van der Waals surface area contributed by atoms with Gasteiger partial charge in [-0.1, -0.05) is 12.2 Å². The third kappa shape index (κ3) is 2.08. The first-order valence-corrected chi connectivity index (χ1v) is 5.06. The van der Waals surface area contributed by atoms with E-state index in [0.29, 0.717) is 0 Å². The lowest BCUT2D eigenvalue weighted by Gasteiger charge is -2.26. The first-order chi connectivity index (χ1) is 5.95. The van der Waals surface area contributed by atoms with E-state index in [4.69, 9.17) is 0 Å². The average molecular weight is 166 g/mol. The molecule has 0 amide bonds. The van der Waals surface area contributed by atoms with Gasteiger partial charge in [-0.2, -0.15) is 0 Å². The van der Waals surface area contributed by atoms with E-state index in [1.165, 1.54) is 38.9 Å². The summed E-state index contributed by atoms with van der Waals surface area (Å²) in [5.41, 5.74) is 0. The third-order valence-electron chi connectivity index (χ3n) is 2.78. The molecule has 2 heterocycles. The van der Waals surface area contributed by atoms with Crippen molar-refractivity contribution in [3.63, 3.8) is 0 Å². The van der Waals surface area contributed by atoms with Crippen LogP contribution in [0, 0.1) is 0 Å². The van der Waals surface area contributed by atoms with E-state index in [-0.39, 0.29) is 0 Å². The second kappa shape index (κ2) is 4.06. The van der Waals surface area contributed by atoms with Crippen LogP contribution < -0.4 is 5.32 Å². The predicted molar refractivity (Wildman–Crippen MR) is 51.2 cm³/mol. The molecule has 0 aliphatic carbocycles. The Bertz CT molecular complexity index is 159. The van der Waals surface area contributed by atoms with Gasteiger partial charge in [0.1, 0.15) is 0 Å². The number of hydrogen-bond acceptors (Lipinski definition) is 2. The molecule has 0 aromatic heterocycles. The van der Waals surface area contributed by atoms with Crippen molar-refractivity contribution in [1.82, 2.24) is 10.2 Å². The minimum Gasteiger partial charge on any atom is -0.313 e. The van der Waals surface area contributed by atoms with E-state index in [0.717, 1.165) is 12.6 Å². The summed E-state index contributed by atoms with van der Waals surface area (Å²) in [6.45, 7) is 4.91. The predicted octanol–water partition coefficient (Wildman–Crippen LogP) is 1.00. The van der Waals surface area contributed by atoms with Crippen LogP contribution in [0.3, 0.4) is 0 Å². The summed E-state index contributed by atoms with van der Waals surface area (Å²) in [5.74, 6) is 0. The van der Waals surface area contributed by atoms with E-state index < -0.39 is 0 Å². The molecule has 2 aliphatic rings. The van der Waals surface area contributed by atoms with Gasteiger partial charge in [0.05, 0.1) is 0 Å². The number of rotatable bonds is 2. The lowest BCUT2D eigenvalue weighted by atomic mass is 10.2. The Morgan fingerprint density at radius 3 is 3.08 bits per heavy atom. The van der Waals surface area contributed by atoms with Gasteiger partial charge in [0.25, 0.3) is 0 Å². The molecule has 1 atom stereocenters. The van der Waals surface area contributed by atoms with E-state index >= 15 is 0 Å². The molecular weight excluding hydrogens is 148 g/mol. The summed E-state index contributed by atoms with van der Waals surface area (Å²) in [6, 6.07) is 0.775. The van der Waals surface area contributed by atoms with Crippen LogP contribution in [-0.2, 0) is 0 Å². The van der Waals surface area contributed by atoms with Gasteiger partial charge in [-0.15, -0.1) is 0 Å². The highest BCUT2D eigenvalue weighted by molar-refractivity contribution is 4.92. The van der Waals surface area contributed by atoms with Crippen LogP contribution in [0.25, 0.3) is 0 Å². The van der Waals surface area contributed by atoms with Gasteiger partial charge in [0.2, 0.25) is 0 Å². The highest BCUT2D eigenvalue weighted by atomic mass is 15.2. The zero-order valence-corrected chi connectivity index (χ0v) is 7.63. The maximum absolute atomic E-state index is 3.54. The minimum atomic E-state index is 0.775. The molecule has 0 saturated carbocycles. The Hall–Kier alpha value is -0.340. The summed E-state index contributed by atoms with van der Waals surface area (Å²) in [4.78, 5) is 2.54. The summed E-state index contributed by atoms with van der Waals surface area (Å²) in [7, 11) is 0. The van der Waals surface area contributed by atoms with Crippen LogP contribution in [-0.4, -0.2) is 37.1 Å². The molecule has 0 aromatic carbocycles. The van der Waals surface area contributed by atoms with Crippen LogP contribution in [0.5, 0.6) is 0 Å². The van der Waals surface area contributed by atoms with Gasteiger partial charge in [0, 0.05) is 25.7 Å². The van der Waals surface area contributed by atoms with Crippen molar-refractivity contribution < 1.29 is 0 Å². The van der Waals surface area contributed by atoms with E-state index in [2.05, 4.69) is 22.4 Å². The third-order valence-corrected chi connectivity index (χ3v) is 2.78. The molecule has 68 valence electrons. The molecule has 0 aromatic rings. The van der Waals surface area contributed by atoms with Crippen molar-refractivity contribution in [2.24, 2.45) is 0 Å². The molecule has 2 rings (SSSR count). The highest BCUT2D eigenvalue weighted by Gasteiger charge is 2.17. The van der Waals surface area contributed by atoms with E-state index in [1.807, 2.05) is 0 Å². The Labute approximate surface area is 74.6 Å². The molecule has 1 N–H and O–H groups in total. The van der Waals surface area contributed by atoms with Crippen molar-refractivity contribution in [2.75, 3.05) is 26.2 Å². The quantitative estimate of drug-likeness (QED) is 0.616. The normalized spacial score (nSPS) is 31.2. The number of nitrogens with zero attached hydrogens (tertiary/aromatic N) is 1. The first-order valence-electron chi connectivity index (χ1n) is 5.06. The van der Waals surface area contributed by atoms with Gasteiger partial charge in [0.15, 0.2) is 0 Å². The molecule has 1 unspecified atom stereocenters. The summed E-state index contributed by atoms with van der Waals surface area (Å²) >= 11 is 0. The van der Waals surface area contributed by atoms with Crippen LogP contribution in [0.4, 0.5) is 0 Å². The summed E-state index contributed by atoms with van der Waals surface area (Å²) < 4.78 is 0. The SMILES string of the molecule is C1=CCN(CC2CCCN2)CC1. The maximum atomic E-state index is 3.54. The van der Waals surface area contributed by atoms with Crippen LogP contribution in [0.2, 0.25) is 0 Å². The molecular formula is C10H18N2. The Morgan fingerprint density at radius 2 is 2.42 bits per heavy atom. The molecule has 2 aliphatic heterocycles. The fourth-order valence-corrected chi connectivity index (χ4v) is 2.08. The zero-order valence-electron chi connectivity index (χ0n) is 7.63. The second-order valence-corrected chi connectivity index (χ2v) is 3.81. The van der Waals surface area contributed by atoms with Crippen molar-refractivity contribution in [3.05, 3.63) is 12.2 Å². The lowest BCUT2D eigenvalue weighted by Crippen LogP contribution is -2.39. The van der Waals surface area contributed by atoms with E-state index in [9.17, 15) is 0 Å².